The highest BCUT2D eigenvalue weighted by Gasteiger charge is 2.23. The first-order chi connectivity index (χ1) is 9.52. The quantitative estimate of drug-likeness (QED) is 0.802. The number of methoxy groups -OCH3 is 1. The van der Waals surface area contributed by atoms with Gasteiger partial charge in [0, 0.05) is 24.4 Å². The van der Waals surface area contributed by atoms with E-state index in [0.29, 0.717) is 21.4 Å². The second-order valence-corrected chi connectivity index (χ2v) is 5.01. The number of pyridine rings is 1. The van der Waals surface area contributed by atoms with E-state index in [2.05, 4.69) is 4.98 Å². The van der Waals surface area contributed by atoms with E-state index in [1.807, 2.05) is 0 Å². The number of hydrogen-bond acceptors (Lipinski definition) is 4. The van der Waals surface area contributed by atoms with Crippen LogP contribution in [0.25, 0.3) is 0 Å². The molecule has 6 heteroatoms. The lowest BCUT2D eigenvalue weighted by atomic mass is 9.95. The van der Waals surface area contributed by atoms with Gasteiger partial charge in [0.2, 0.25) is 0 Å². The normalized spacial score (nSPS) is 14.7. The molecule has 0 bridgehead atoms. The zero-order valence-electron chi connectivity index (χ0n) is 10.7. The summed E-state index contributed by atoms with van der Waals surface area (Å²) in [5.41, 5.74) is 0.610. The average Bonchev–Trinajstić information content (AvgIpc) is 2.42. The highest BCUT2D eigenvalue weighted by atomic mass is 35.5. The Labute approximate surface area is 126 Å². The molecule has 0 atom stereocenters. The molecule has 104 valence electrons. The number of Topliss-reactive ketones (excluding diaryl/α,β-unsaturated/α-hetero) is 2. The Hall–Kier alpha value is -1.65. The lowest BCUT2D eigenvalue weighted by Crippen LogP contribution is -2.18. The number of aromatic nitrogens is 1. The van der Waals surface area contributed by atoms with E-state index in [-0.39, 0.29) is 30.0 Å². The van der Waals surface area contributed by atoms with Gasteiger partial charge in [-0.1, -0.05) is 23.2 Å². The number of carbonyl (C=O) groups excluding carboxylic acids is 2. The molecule has 0 aromatic carbocycles. The molecule has 0 spiro atoms. The third-order valence-corrected chi connectivity index (χ3v) is 3.57. The highest BCUT2D eigenvalue weighted by Crippen LogP contribution is 2.25. The third kappa shape index (κ3) is 3.08. The van der Waals surface area contributed by atoms with E-state index in [9.17, 15) is 9.59 Å². The van der Waals surface area contributed by atoms with E-state index >= 15 is 0 Å². The molecule has 0 saturated heterocycles. The van der Waals surface area contributed by atoms with Gasteiger partial charge in [-0.3, -0.25) is 14.6 Å². The number of allylic oxidation sites excluding steroid dienone is 4. The van der Waals surface area contributed by atoms with Crippen molar-refractivity contribution in [2.75, 3.05) is 7.11 Å². The van der Waals surface area contributed by atoms with Crippen molar-refractivity contribution < 1.29 is 14.3 Å². The maximum atomic E-state index is 12.2. The molecular weight excluding hydrogens is 301 g/mol. The topological polar surface area (TPSA) is 56.3 Å². The van der Waals surface area contributed by atoms with Crippen LogP contribution in [0, 0.1) is 0 Å². The monoisotopic (exact) mass is 311 g/mol. The van der Waals surface area contributed by atoms with Crippen molar-refractivity contribution in [3.8, 4) is 0 Å². The Morgan fingerprint density at radius 1 is 1.30 bits per heavy atom. The summed E-state index contributed by atoms with van der Waals surface area (Å²) >= 11 is 11.9. The average molecular weight is 312 g/mol. The van der Waals surface area contributed by atoms with Gasteiger partial charge in [0.25, 0.3) is 0 Å². The van der Waals surface area contributed by atoms with Gasteiger partial charge in [0.1, 0.15) is 5.76 Å². The first-order valence-electron chi connectivity index (χ1n) is 5.82. The number of nitrogens with zero attached hydrogens (tertiary/aromatic N) is 1. The minimum Gasteiger partial charge on any atom is -0.501 e. The Balaban J connectivity index is 2.23. The number of ketones is 2. The van der Waals surface area contributed by atoms with E-state index in [1.165, 1.54) is 25.6 Å². The summed E-state index contributed by atoms with van der Waals surface area (Å²) < 4.78 is 4.98. The van der Waals surface area contributed by atoms with Crippen LogP contribution in [0.2, 0.25) is 10.0 Å². The van der Waals surface area contributed by atoms with Gasteiger partial charge in [-0.2, -0.15) is 0 Å². The molecule has 0 radical (unpaired) electrons. The molecule has 1 aliphatic rings. The first-order valence-corrected chi connectivity index (χ1v) is 6.57. The predicted molar refractivity (Wildman–Crippen MR) is 75.8 cm³/mol. The molecule has 0 amide bonds. The molecule has 0 fully saturated rings. The summed E-state index contributed by atoms with van der Waals surface area (Å²) in [4.78, 5) is 27.9. The van der Waals surface area contributed by atoms with Crippen LogP contribution in [0.3, 0.4) is 0 Å². The highest BCUT2D eigenvalue weighted by molar-refractivity contribution is 6.36. The van der Waals surface area contributed by atoms with Crippen molar-refractivity contribution >= 4 is 34.8 Å². The Bertz CT molecular complexity index is 615. The maximum Gasteiger partial charge on any atom is 0.173 e. The summed E-state index contributed by atoms with van der Waals surface area (Å²) in [5, 5.41) is 0.616. The molecule has 20 heavy (non-hydrogen) atoms. The van der Waals surface area contributed by atoms with Gasteiger partial charge in [0.05, 0.1) is 29.1 Å². The van der Waals surface area contributed by atoms with Crippen LogP contribution in [-0.2, 0) is 20.7 Å². The van der Waals surface area contributed by atoms with Crippen molar-refractivity contribution in [1.82, 2.24) is 4.98 Å². The summed E-state index contributed by atoms with van der Waals surface area (Å²) in [5.74, 6) is -0.0569. The predicted octanol–water partition coefficient (Wildman–Crippen LogP) is 2.93. The fourth-order valence-corrected chi connectivity index (χ4v) is 2.33. The molecule has 1 aliphatic carbocycles. The SMILES string of the molecule is COC1=CC=C(C(=O)Cc2c(Cl)cncc2Cl)C(=O)C1. The van der Waals surface area contributed by atoms with Gasteiger partial charge in [-0.15, -0.1) is 0 Å². The van der Waals surface area contributed by atoms with Crippen LogP contribution >= 0.6 is 23.2 Å². The van der Waals surface area contributed by atoms with Gasteiger partial charge >= 0.3 is 0 Å². The van der Waals surface area contributed by atoms with Gasteiger partial charge in [-0.05, 0) is 12.2 Å². The van der Waals surface area contributed by atoms with Crippen LogP contribution in [0.15, 0.2) is 35.9 Å². The van der Waals surface area contributed by atoms with Crippen LogP contribution < -0.4 is 0 Å². The molecule has 0 aliphatic heterocycles. The van der Waals surface area contributed by atoms with Crippen molar-refractivity contribution in [1.29, 1.82) is 0 Å². The van der Waals surface area contributed by atoms with Gasteiger partial charge in [0.15, 0.2) is 11.6 Å². The molecule has 0 unspecified atom stereocenters. The summed E-state index contributed by atoms with van der Waals surface area (Å²) in [6.45, 7) is 0. The minimum absolute atomic E-state index is 0.0338. The van der Waals surface area contributed by atoms with Gasteiger partial charge in [-0.25, -0.2) is 0 Å². The minimum atomic E-state index is -0.323. The van der Waals surface area contributed by atoms with Crippen LogP contribution in [-0.4, -0.2) is 23.7 Å². The number of carbonyl (C=O) groups is 2. The molecule has 0 saturated carbocycles. The molecule has 2 rings (SSSR count). The number of hydrogen-bond donors (Lipinski definition) is 0. The molecule has 0 N–H and O–H groups in total. The van der Waals surface area contributed by atoms with Crippen LogP contribution in [0.1, 0.15) is 12.0 Å². The fourth-order valence-electron chi connectivity index (χ4n) is 1.83. The fraction of sp³-hybridized carbons (Fsp3) is 0.214. The second-order valence-electron chi connectivity index (χ2n) is 4.20. The summed E-state index contributed by atoms with van der Waals surface area (Å²) in [7, 11) is 1.48. The Morgan fingerprint density at radius 3 is 2.50 bits per heavy atom. The number of rotatable bonds is 4. The van der Waals surface area contributed by atoms with Crippen molar-refractivity contribution in [2.45, 2.75) is 12.8 Å². The Morgan fingerprint density at radius 2 is 1.95 bits per heavy atom. The van der Waals surface area contributed by atoms with E-state index in [0.717, 1.165) is 0 Å². The first kappa shape index (κ1) is 14.8. The van der Waals surface area contributed by atoms with Crippen molar-refractivity contribution in [2.24, 2.45) is 0 Å². The third-order valence-electron chi connectivity index (χ3n) is 2.92. The van der Waals surface area contributed by atoms with Crippen molar-refractivity contribution in [3.05, 3.63) is 51.5 Å². The Kier molecular flexibility index (Phi) is 4.57. The largest absolute Gasteiger partial charge is 0.501 e. The second kappa shape index (κ2) is 6.20. The van der Waals surface area contributed by atoms with E-state index in [4.69, 9.17) is 27.9 Å². The lowest BCUT2D eigenvalue weighted by molar-refractivity contribution is -0.121. The zero-order chi connectivity index (χ0) is 14.7. The molecule has 4 nitrogen and oxygen atoms in total. The molecule has 1 heterocycles. The van der Waals surface area contributed by atoms with Crippen LogP contribution in [0.5, 0.6) is 0 Å². The molecule has 1 aromatic heterocycles. The number of halogens is 2. The lowest BCUT2D eigenvalue weighted by Gasteiger charge is -2.12. The van der Waals surface area contributed by atoms with E-state index < -0.39 is 0 Å². The summed E-state index contributed by atoms with van der Waals surface area (Å²) in [6.07, 6.45) is 5.96. The molecule has 1 aromatic rings. The smallest absolute Gasteiger partial charge is 0.173 e. The zero-order valence-corrected chi connectivity index (χ0v) is 12.2. The van der Waals surface area contributed by atoms with Gasteiger partial charge < -0.3 is 4.74 Å². The van der Waals surface area contributed by atoms with Crippen molar-refractivity contribution in [3.63, 3.8) is 0 Å². The number of ether oxygens (including phenoxy) is 1. The molecular formula is C14H11Cl2NO3. The standard InChI is InChI=1S/C14H11Cl2NO3/c1-20-8-2-3-9(13(18)4-8)14(19)5-10-11(15)6-17-7-12(10)16/h2-3,6-7H,4-5H2,1H3. The maximum absolute atomic E-state index is 12.2. The van der Waals surface area contributed by atoms with Crippen LogP contribution in [0.4, 0.5) is 0 Å². The van der Waals surface area contributed by atoms with E-state index in [1.54, 1.807) is 6.08 Å². The summed E-state index contributed by atoms with van der Waals surface area (Å²) in [6, 6.07) is 0.